The van der Waals surface area contributed by atoms with Crippen LogP contribution in [0.2, 0.25) is 0 Å². The van der Waals surface area contributed by atoms with Gasteiger partial charge in [0.2, 0.25) is 5.91 Å². The van der Waals surface area contributed by atoms with Gasteiger partial charge in [0, 0.05) is 17.0 Å². The highest BCUT2D eigenvalue weighted by atomic mass is 32.2. The number of hydrogen-bond donors (Lipinski definition) is 2. The first-order chi connectivity index (χ1) is 14.1. The maximum atomic E-state index is 13.3. The Hall–Kier alpha value is -2.52. The first-order valence-electron chi connectivity index (χ1n) is 9.31. The second kappa shape index (κ2) is 8.87. The van der Waals surface area contributed by atoms with Gasteiger partial charge in [0.05, 0.1) is 11.1 Å². The van der Waals surface area contributed by atoms with Crippen LogP contribution in [0, 0.1) is 5.82 Å². The van der Waals surface area contributed by atoms with Crippen LogP contribution in [0.1, 0.15) is 25.7 Å². The van der Waals surface area contributed by atoms with Crippen molar-refractivity contribution in [3.05, 3.63) is 41.8 Å². The average Bonchev–Trinajstić information content (AvgIpc) is 3.37. The number of nitrogens with one attached hydrogen (secondary N) is 2. The molecule has 2 heterocycles. The number of halogens is 1. The largest absolute Gasteiger partial charge is 0.335 e. The van der Waals surface area contributed by atoms with E-state index in [1.165, 1.54) is 41.6 Å². The Morgan fingerprint density at radius 1 is 1.17 bits per heavy atom. The molecule has 0 bridgehead atoms. The summed E-state index contributed by atoms with van der Waals surface area (Å²) >= 11 is 2.72. The molecule has 9 heteroatoms. The van der Waals surface area contributed by atoms with E-state index in [1.807, 2.05) is 5.38 Å². The van der Waals surface area contributed by atoms with Gasteiger partial charge >= 0.3 is 6.03 Å². The van der Waals surface area contributed by atoms with Crippen molar-refractivity contribution in [2.45, 2.75) is 36.8 Å². The summed E-state index contributed by atoms with van der Waals surface area (Å²) in [6.45, 7) is 0. The second-order valence-electron chi connectivity index (χ2n) is 6.81. The van der Waals surface area contributed by atoms with Crippen molar-refractivity contribution in [1.82, 2.24) is 20.6 Å². The van der Waals surface area contributed by atoms with Gasteiger partial charge in [0.25, 0.3) is 0 Å². The number of hydrogen-bond acceptors (Lipinski definition) is 6. The number of urea groups is 1. The molecule has 4 rings (SSSR count). The minimum Gasteiger partial charge on any atom is -0.335 e. The van der Waals surface area contributed by atoms with Crippen LogP contribution in [-0.4, -0.2) is 33.7 Å². The smallest absolute Gasteiger partial charge is 0.321 e. The van der Waals surface area contributed by atoms with Gasteiger partial charge in [-0.3, -0.25) is 10.1 Å². The molecule has 3 amide bonds. The van der Waals surface area contributed by atoms with Crippen LogP contribution in [0.3, 0.4) is 0 Å². The third kappa shape index (κ3) is 4.73. The summed E-state index contributed by atoms with van der Waals surface area (Å²) in [4.78, 5) is 33.6. The lowest BCUT2D eigenvalue weighted by atomic mass is 10.1. The lowest BCUT2D eigenvalue weighted by molar-refractivity contribution is -0.117. The maximum absolute atomic E-state index is 13.3. The molecule has 0 atom stereocenters. The van der Waals surface area contributed by atoms with Crippen molar-refractivity contribution in [2.75, 3.05) is 5.75 Å². The highest BCUT2D eigenvalue weighted by molar-refractivity contribution is 8.00. The fourth-order valence-corrected chi connectivity index (χ4v) is 5.18. The number of carbonyl (C=O) groups is 2. The minimum absolute atomic E-state index is 0.0584. The number of amides is 3. The van der Waals surface area contributed by atoms with E-state index in [4.69, 9.17) is 0 Å². The second-order valence-corrected chi connectivity index (χ2v) is 8.63. The molecule has 0 radical (unpaired) electrons. The number of nitrogens with zero attached hydrogens (tertiary/aromatic N) is 2. The maximum Gasteiger partial charge on any atom is 0.321 e. The van der Waals surface area contributed by atoms with Crippen LogP contribution < -0.4 is 10.6 Å². The van der Waals surface area contributed by atoms with Gasteiger partial charge < -0.3 is 5.32 Å². The molecule has 0 unspecified atom stereocenters. The summed E-state index contributed by atoms with van der Waals surface area (Å²) in [5, 5.41) is 8.65. The molecule has 1 saturated carbocycles. The lowest BCUT2D eigenvalue weighted by Crippen LogP contribution is -2.44. The highest BCUT2D eigenvalue weighted by Crippen LogP contribution is 2.37. The fourth-order valence-electron chi connectivity index (χ4n) is 3.39. The Kier molecular flexibility index (Phi) is 6.05. The van der Waals surface area contributed by atoms with Gasteiger partial charge in [0.15, 0.2) is 0 Å². The van der Waals surface area contributed by atoms with E-state index in [-0.39, 0.29) is 23.5 Å². The van der Waals surface area contributed by atoms with Crippen LogP contribution in [0.25, 0.3) is 21.3 Å². The van der Waals surface area contributed by atoms with E-state index < -0.39 is 6.03 Å². The van der Waals surface area contributed by atoms with Gasteiger partial charge in [-0.15, -0.1) is 11.3 Å². The minimum atomic E-state index is -0.446. The number of benzene rings is 1. The summed E-state index contributed by atoms with van der Waals surface area (Å²) < 4.78 is 13.3. The van der Waals surface area contributed by atoms with E-state index in [9.17, 15) is 14.0 Å². The molecule has 1 aliphatic rings. The van der Waals surface area contributed by atoms with Gasteiger partial charge in [-0.1, -0.05) is 36.7 Å². The average molecular weight is 431 g/mol. The number of carbonyl (C=O) groups excluding carboxylic acids is 2. The van der Waals surface area contributed by atoms with Gasteiger partial charge in [-0.25, -0.2) is 19.2 Å². The predicted octanol–water partition coefficient (Wildman–Crippen LogP) is 4.36. The molecule has 1 aliphatic carbocycles. The number of thioether (sulfide) groups is 1. The van der Waals surface area contributed by atoms with Gasteiger partial charge in [-0.05, 0) is 30.5 Å². The Bertz CT molecular complexity index is 1030. The molecule has 1 fully saturated rings. The molecule has 0 spiro atoms. The third-order valence-electron chi connectivity index (χ3n) is 4.77. The summed E-state index contributed by atoms with van der Waals surface area (Å²) in [7, 11) is 0. The predicted molar refractivity (Wildman–Crippen MR) is 112 cm³/mol. The SMILES string of the molecule is O=C(CSc1ncnc2scc(-c3ccc(F)cc3)c12)NC(=O)NC1CCCC1. The topological polar surface area (TPSA) is 84.0 Å². The molecular formula is C20H19FN4O2S2. The zero-order valence-corrected chi connectivity index (χ0v) is 17.1. The molecule has 29 heavy (non-hydrogen) atoms. The summed E-state index contributed by atoms with van der Waals surface area (Å²) in [5.41, 5.74) is 1.75. The summed E-state index contributed by atoms with van der Waals surface area (Å²) in [6.07, 6.45) is 5.59. The normalized spacial score (nSPS) is 14.2. The molecule has 0 aliphatic heterocycles. The molecule has 3 aromatic rings. The van der Waals surface area contributed by atoms with Crippen molar-refractivity contribution in [2.24, 2.45) is 0 Å². The van der Waals surface area contributed by atoms with Crippen molar-refractivity contribution >= 4 is 45.3 Å². The number of rotatable bonds is 5. The summed E-state index contributed by atoms with van der Waals surface area (Å²) in [6, 6.07) is 5.94. The molecule has 150 valence electrons. The van der Waals surface area contributed by atoms with E-state index in [2.05, 4.69) is 20.6 Å². The first-order valence-corrected chi connectivity index (χ1v) is 11.2. The fraction of sp³-hybridized carbons (Fsp3) is 0.300. The standard InChI is InChI=1S/C20H19FN4O2S2/c21-13-7-5-12(6-8-13)15-9-28-18-17(15)19(23-11-22-18)29-10-16(26)25-20(27)24-14-3-1-2-4-14/h5-9,11,14H,1-4,10H2,(H2,24,25,26,27). The van der Waals surface area contributed by atoms with Gasteiger partial charge in [0.1, 0.15) is 22.0 Å². The van der Waals surface area contributed by atoms with Crippen LogP contribution in [-0.2, 0) is 4.79 Å². The van der Waals surface area contributed by atoms with Crippen molar-refractivity contribution in [3.8, 4) is 11.1 Å². The van der Waals surface area contributed by atoms with Crippen molar-refractivity contribution in [1.29, 1.82) is 0 Å². The zero-order valence-electron chi connectivity index (χ0n) is 15.5. The quantitative estimate of drug-likeness (QED) is 0.464. The zero-order chi connectivity index (χ0) is 20.2. The van der Waals surface area contributed by atoms with Crippen LogP contribution >= 0.6 is 23.1 Å². The third-order valence-corrected chi connectivity index (χ3v) is 6.65. The number of fused-ring (bicyclic) bond motifs is 1. The van der Waals surface area contributed by atoms with Crippen LogP contribution in [0.15, 0.2) is 41.0 Å². The Balaban J connectivity index is 1.45. The molecule has 2 aromatic heterocycles. The molecule has 6 nitrogen and oxygen atoms in total. The molecule has 1 aromatic carbocycles. The van der Waals surface area contributed by atoms with E-state index in [1.54, 1.807) is 12.1 Å². The first kappa shape index (κ1) is 19.8. The number of imide groups is 1. The lowest BCUT2D eigenvalue weighted by Gasteiger charge is -2.12. The number of thiophene rings is 1. The summed E-state index contributed by atoms with van der Waals surface area (Å²) in [5.74, 6) is -0.620. The monoisotopic (exact) mass is 430 g/mol. The molecular weight excluding hydrogens is 411 g/mol. The van der Waals surface area contributed by atoms with E-state index in [0.717, 1.165) is 47.0 Å². The van der Waals surface area contributed by atoms with Crippen molar-refractivity contribution in [3.63, 3.8) is 0 Å². The van der Waals surface area contributed by atoms with E-state index in [0.29, 0.717) is 5.03 Å². The molecule has 0 saturated heterocycles. The highest BCUT2D eigenvalue weighted by Gasteiger charge is 2.19. The van der Waals surface area contributed by atoms with Gasteiger partial charge in [-0.2, -0.15) is 0 Å². The number of aromatic nitrogens is 2. The Morgan fingerprint density at radius 3 is 2.69 bits per heavy atom. The van der Waals surface area contributed by atoms with Crippen LogP contribution in [0.5, 0.6) is 0 Å². The molecule has 2 N–H and O–H groups in total. The van der Waals surface area contributed by atoms with Crippen LogP contribution in [0.4, 0.5) is 9.18 Å². The van der Waals surface area contributed by atoms with E-state index >= 15 is 0 Å². The van der Waals surface area contributed by atoms with Crippen molar-refractivity contribution < 1.29 is 14.0 Å². The Labute approximate surface area is 175 Å². The Morgan fingerprint density at radius 2 is 1.93 bits per heavy atom.